The SMILES string of the molecule is Cc1ccc([C@@H]([NH2+]CC(=O)N[C@@H](C)c2ccc3c(c2)OCCO3)c2ccccc2)cc1. The van der Waals surface area contributed by atoms with Crippen LogP contribution >= 0.6 is 0 Å². The summed E-state index contributed by atoms with van der Waals surface area (Å²) >= 11 is 0. The first-order valence-corrected chi connectivity index (χ1v) is 10.7. The molecule has 1 aliphatic rings. The number of quaternary nitrogens is 1. The van der Waals surface area contributed by atoms with Crippen LogP contribution in [-0.4, -0.2) is 25.7 Å². The Morgan fingerprint density at radius 2 is 1.55 bits per heavy atom. The second-order valence-corrected chi connectivity index (χ2v) is 7.93. The standard InChI is InChI=1S/C26H28N2O3/c1-18-8-10-21(11-9-18)26(20-6-4-3-5-7-20)27-17-25(29)28-19(2)22-12-13-23-24(16-22)31-15-14-30-23/h3-13,16,19,26-27H,14-15,17H2,1-2H3,(H,28,29)/p+1/t19-,26-/m0/s1. The monoisotopic (exact) mass is 417 g/mol. The van der Waals surface area contributed by atoms with E-state index in [1.54, 1.807) is 0 Å². The zero-order chi connectivity index (χ0) is 21.6. The number of hydrogen-bond acceptors (Lipinski definition) is 3. The molecule has 3 N–H and O–H groups in total. The van der Waals surface area contributed by atoms with Gasteiger partial charge in [0.05, 0.1) is 6.04 Å². The van der Waals surface area contributed by atoms with Crippen LogP contribution < -0.4 is 20.1 Å². The van der Waals surface area contributed by atoms with Crippen LogP contribution in [-0.2, 0) is 4.79 Å². The Hall–Kier alpha value is -3.31. The van der Waals surface area contributed by atoms with Crippen molar-refractivity contribution in [2.75, 3.05) is 19.8 Å². The lowest BCUT2D eigenvalue weighted by Gasteiger charge is -2.21. The molecule has 0 spiro atoms. The van der Waals surface area contributed by atoms with E-state index in [2.05, 4.69) is 54.0 Å². The van der Waals surface area contributed by atoms with Crippen LogP contribution in [0.1, 0.15) is 41.3 Å². The Morgan fingerprint density at radius 3 is 2.29 bits per heavy atom. The molecule has 0 bridgehead atoms. The Labute approximate surface area is 183 Å². The zero-order valence-electron chi connectivity index (χ0n) is 18.0. The summed E-state index contributed by atoms with van der Waals surface area (Å²) < 4.78 is 11.2. The minimum absolute atomic E-state index is 0.00423. The lowest BCUT2D eigenvalue weighted by Crippen LogP contribution is -2.87. The number of nitrogens with one attached hydrogen (secondary N) is 1. The lowest BCUT2D eigenvalue weighted by atomic mass is 9.98. The number of amides is 1. The molecule has 5 heteroatoms. The predicted molar refractivity (Wildman–Crippen MR) is 120 cm³/mol. The zero-order valence-corrected chi connectivity index (χ0v) is 18.0. The molecule has 0 aromatic heterocycles. The summed E-state index contributed by atoms with van der Waals surface area (Å²) in [5, 5.41) is 5.19. The molecule has 1 heterocycles. The summed E-state index contributed by atoms with van der Waals surface area (Å²) in [6, 6.07) is 24.6. The fourth-order valence-electron chi connectivity index (χ4n) is 3.84. The van der Waals surface area contributed by atoms with Gasteiger partial charge in [-0.2, -0.15) is 0 Å². The molecule has 160 valence electrons. The van der Waals surface area contributed by atoms with Crippen molar-refractivity contribution < 1.29 is 19.6 Å². The van der Waals surface area contributed by atoms with Crippen molar-refractivity contribution in [1.82, 2.24) is 5.32 Å². The van der Waals surface area contributed by atoms with Crippen LogP contribution in [0.15, 0.2) is 72.8 Å². The van der Waals surface area contributed by atoms with E-state index in [1.807, 2.05) is 43.3 Å². The van der Waals surface area contributed by atoms with Gasteiger partial charge in [-0.05, 0) is 31.5 Å². The van der Waals surface area contributed by atoms with E-state index in [0.29, 0.717) is 19.8 Å². The molecule has 4 rings (SSSR count). The van der Waals surface area contributed by atoms with Crippen molar-refractivity contribution in [2.45, 2.75) is 25.9 Å². The molecule has 0 unspecified atom stereocenters. The topological polar surface area (TPSA) is 64.2 Å². The maximum Gasteiger partial charge on any atom is 0.275 e. The van der Waals surface area contributed by atoms with Gasteiger partial charge < -0.3 is 20.1 Å². The third kappa shape index (κ3) is 5.25. The number of ether oxygens (including phenoxy) is 2. The molecule has 3 aromatic rings. The minimum atomic E-state index is -0.119. The van der Waals surface area contributed by atoms with Gasteiger partial charge in [0, 0.05) is 11.1 Å². The Balaban J connectivity index is 1.41. The molecule has 0 saturated carbocycles. The quantitative estimate of drug-likeness (QED) is 0.620. The number of benzene rings is 3. The van der Waals surface area contributed by atoms with E-state index in [-0.39, 0.29) is 18.0 Å². The third-order valence-corrected chi connectivity index (χ3v) is 5.58. The van der Waals surface area contributed by atoms with Gasteiger partial charge in [0.1, 0.15) is 19.3 Å². The predicted octanol–water partition coefficient (Wildman–Crippen LogP) is 3.30. The van der Waals surface area contributed by atoms with Gasteiger partial charge in [-0.3, -0.25) is 4.79 Å². The Morgan fingerprint density at radius 1 is 0.903 bits per heavy atom. The van der Waals surface area contributed by atoms with Crippen LogP contribution in [0.4, 0.5) is 0 Å². The van der Waals surface area contributed by atoms with Gasteiger partial charge in [0.25, 0.3) is 5.91 Å². The number of carbonyl (C=O) groups is 1. The second-order valence-electron chi connectivity index (χ2n) is 7.93. The fourth-order valence-corrected chi connectivity index (χ4v) is 3.84. The van der Waals surface area contributed by atoms with Crippen LogP contribution in [0.2, 0.25) is 0 Å². The molecular formula is C26H29N2O3+. The molecule has 3 aromatic carbocycles. The van der Waals surface area contributed by atoms with Crippen molar-refractivity contribution in [3.63, 3.8) is 0 Å². The Bertz CT molecular complexity index is 1020. The normalized spacial score (nSPS) is 14.5. The number of nitrogens with two attached hydrogens (primary N) is 1. The molecule has 1 aliphatic heterocycles. The first-order valence-electron chi connectivity index (χ1n) is 10.7. The molecular weight excluding hydrogens is 388 g/mol. The highest BCUT2D eigenvalue weighted by molar-refractivity contribution is 5.77. The van der Waals surface area contributed by atoms with Gasteiger partial charge in [0.2, 0.25) is 0 Å². The summed E-state index contributed by atoms with van der Waals surface area (Å²) in [6.07, 6.45) is 0. The second kappa shape index (κ2) is 9.67. The first-order chi connectivity index (χ1) is 15.1. The average Bonchev–Trinajstić information content (AvgIpc) is 2.80. The van der Waals surface area contributed by atoms with Crippen molar-refractivity contribution in [3.05, 3.63) is 95.1 Å². The van der Waals surface area contributed by atoms with Gasteiger partial charge >= 0.3 is 0 Å². The summed E-state index contributed by atoms with van der Waals surface area (Å²) in [7, 11) is 0. The Kier molecular flexibility index (Phi) is 6.53. The van der Waals surface area contributed by atoms with Crippen LogP contribution in [0, 0.1) is 6.92 Å². The van der Waals surface area contributed by atoms with E-state index in [4.69, 9.17) is 9.47 Å². The van der Waals surface area contributed by atoms with E-state index in [9.17, 15) is 4.79 Å². The third-order valence-electron chi connectivity index (χ3n) is 5.58. The summed E-state index contributed by atoms with van der Waals surface area (Å²) in [5.41, 5.74) is 4.58. The highest BCUT2D eigenvalue weighted by Gasteiger charge is 2.20. The lowest BCUT2D eigenvalue weighted by molar-refractivity contribution is -0.676. The number of aryl methyl sites for hydroxylation is 1. The van der Waals surface area contributed by atoms with Crippen molar-refractivity contribution in [3.8, 4) is 11.5 Å². The first kappa shape index (κ1) is 20.9. The molecule has 1 amide bonds. The minimum Gasteiger partial charge on any atom is -0.486 e. The van der Waals surface area contributed by atoms with E-state index in [0.717, 1.165) is 17.1 Å². The van der Waals surface area contributed by atoms with Gasteiger partial charge in [-0.1, -0.05) is 66.2 Å². The number of hydrogen-bond donors (Lipinski definition) is 2. The van der Waals surface area contributed by atoms with Crippen LogP contribution in [0.25, 0.3) is 0 Å². The van der Waals surface area contributed by atoms with Gasteiger partial charge in [-0.25, -0.2) is 0 Å². The fraction of sp³-hybridized carbons (Fsp3) is 0.269. The van der Waals surface area contributed by atoms with Crippen molar-refractivity contribution in [1.29, 1.82) is 0 Å². The number of rotatable bonds is 7. The van der Waals surface area contributed by atoms with E-state index >= 15 is 0 Å². The summed E-state index contributed by atoms with van der Waals surface area (Å²) in [4.78, 5) is 12.7. The molecule has 0 fully saturated rings. The highest BCUT2D eigenvalue weighted by Crippen LogP contribution is 2.32. The van der Waals surface area contributed by atoms with Crippen molar-refractivity contribution in [2.24, 2.45) is 0 Å². The van der Waals surface area contributed by atoms with Crippen molar-refractivity contribution >= 4 is 5.91 Å². The smallest absolute Gasteiger partial charge is 0.275 e. The molecule has 2 atom stereocenters. The molecule has 0 aliphatic carbocycles. The molecule has 31 heavy (non-hydrogen) atoms. The summed E-state index contributed by atoms with van der Waals surface area (Å²) in [5.74, 6) is 1.49. The molecule has 0 saturated heterocycles. The maximum absolute atomic E-state index is 12.7. The number of fused-ring (bicyclic) bond motifs is 1. The van der Waals surface area contributed by atoms with Gasteiger partial charge in [0.15, 0.2) is 18.0 Å². The van der Waals surface area contributed by atoms with Gasteiger partial charge in [-0.15, -0.1) is 0 Å². The maximum atomic E-state index is 12.7. The summed E-state index contributed by atoms with van der Waals surface area (Å²) in [6.45, 7) is 5.52. The average molecular weight is 418 g/mol. The van der Waals surface area contributed by atoms with E-state index < -0.39 is 0 Å². The largest absolute Gasteiger partial charge is 0.486 e. The van der Waals surface area contributed by atoms with Crippen LogP contribution in [0.5, 0.6) is 11.5 Å². The highest BCUT2D eigenvalue weighted by atomic mass is 16.6. The number of carbonyl (C=O) groups excluding carboxylic acids is 1. The molecule has 5 nitrogen and oxygen atoms in total. The van der Waals surface area contributed by atoms with E-state index in [1.165, 1.54) is 16.7 Å². The van der Waals surface area contributed by atoms with Crippen LogP contribution in [0.3, 0.4) is 0 Å². The molecule has 0 radical (unpaired) electrons.